The number of nitrogens with one attached hydrogen (secondary N) is 1. The number of ether oxygens (including phenoxy) is 3. The van der Waals surface area contributed by atoms with E-state index in [0.29, 0.717) is 25.4 Å². The van der Waals surface area contributed by atoms with E-state index in [2.05, 4.69) is 5.32 Å². The van der Waals surface area contributed by atoms with Gasteiger partial charge in [0.2, 0.25) is 0 Å². The van der Waals surface area contributed by atoms with Gasteiger partial charge in [-0.3, -0.25) is 0 Å². The molecule has 0 aromatic carbocycles. The molecule has 1 fully saturated rings. The number of rotatable bonds is 8. The van der Waals surface area contributed by atoms with Crippen LogP contribution in [0.3, 0.4) is 0 Å². The second-order valence-electron chi connectivity index (χ2n) is 4.22. The first-order valence-electron chi connectivity index (χ1n) is 6.21. The van der Waals surface area contributed by atoms with E-state index in [1.807, 2.05) is 0 Å². The average Bonchev–Trinajstić information content (AvgIpc) is 2.34. The van der Waals surface area contributed by atoms with E-state index >= 15 is 0 Å². The van der Waals surface area contributed by atoms with Crippen molar-refractivity contribution >= 4 is 0 Å². The molecule has 0 aromatic rings. The van der Waals surface area contributed by atoms with Crippen molar-refractivity contribution in [2.24, 2.45) is 0 Å². The van der Waals surface area contributed by atoms with Crippen LogP contribution in [0, 0.1) is 0 Å². The fourth-order valence-corrected chi connectivity index (χ4v) is 2.17. The summed E-state index contributed by atoms with van der Waals surface area (Å²) in [6.07, 6.45) is 5.38. The van der Waals surface area contributed by atoms with Gasteiger partial charge in [-0.2, -0.15) is 0 Å². The van der Waals surface area contributed by atoms with E-state index in [0.717, 1.165) is 13.2 Å². The molecule has 4 nitrogen and oxygen atoms in total. The largest absolute Gasteiger partial charge is 0.382 e. The maximum Gasteiger partial charge on any atom is 0.0724 e. The fourth-order valence-electron chi connectivity index (χ4n) is 2.17. The summed E-state index contributed by atoms with van der Waals surface area (Å²) in [4.78, 5) is 0. The topological polar surface area (TPSA) is 39.7 Å². The van der Waals surface area contributed by atoms with Crippen LogP contribution >= 0.6 is 0 Å². The maximum absolute atomic E-state index is 5.48. The van der Waals surface area contributed by atoms with Crippen molar-refractivity contribution in [1.82, 2.24) is 5.32 Å². The van der Waals surface area contributed by atoms with Crippen molar-refractivity contribution < 1.29 is 14.2 Å². The number of methoxy groups -OCH3 is 2. The van der Waals surface area contributed by atoms with Crippen molar-refractivity contribution in [2.75, 3.05) is 40.6 Å². The SMILES string of the molecule is COCCOCCNC1CCCCC1OC. The molecule has 0 amide bonds. The molecular weight excluding hydrogens is 206 g/mol. The van der Waals surface area contributed by atoms with Gasteiger partial charge in [0, 0.05) is 26.8 Å². The first-order valence-corrected chi connectivity index (χ1v) is 6.21. The van der Waals surface area contributed by atoms with Gasteiger partial charge in [-0.05, 0) is 12.8 Å². The molecule has 0 saturated heterocycles. The summed E-state index contributed by atoms with van der Waals surface area (Å²) >= 11 is 0. The lowest BCUT2D eigenvalue weighted by Gasteiger charge is -2.31. The Labute approximate surface area is 98.6 Å². The maximum atomic E-state index is 5.48. The number of hydrogen-bond donors (Lipinski definition) is 1. The predicted molar refractivity (Wildman–Crippen MR) is 63.8 cm³/mol. The smallest absolute Gasteiger partial charge is 0.0724 e. The standard InChI is InChI=1S/C12H25NO3/c1-14-9-10-16-8-7-13-11-5-3-4-6-12(11)15-2/h11-13H,3-10H2,1-2H3. The summed E-state index contributed by atoms with van der Waals surface area (Å²) in [5.41, 5.74) is 0. The Morgan fingerprint density at radius 1 is 1.06 bits per heavy atom. The highest BCUT2D eigenvalue weighted by Gasteiger charge is 2.23. The van der Waals surface area contributed by atoms with Gasteiger partial charge in [-0.1, -0.05) is 12.8 Å². The van der Waals surface area contributed by atoms with Gasteiger partial charge in [0.05, 0.1) is 25.9 Å². The van der Waals surface area contributed by atoms with Crippen LogP contribution in [0.4, 0.5) is 0 Å². The molecule has 2 unspecified atom stereocenters. The molecular formula is C12H25NO3. The normalized spacial score (nSPS) is 25.9. The third-order valence-corrected chi connectivity index (χ3v) is 3.09. The highest BCUT2D eigenvalue weighted by molar-refractivity contribution is 4.81. The molecule has 96 valence electrons. The molecule has 1 aliphatic rings. The third-order valence-electron chi connectivity index (χ3n) is 3.09. The molecule has 0 spiro atoms. The van der Waals surface area contributed by atoms with E-state index in [1.54, 1.807) is 14.2 Å². The monoisotopic (exact) mass is 231 g/mol. The van der Waals surface area contributed by atoms with Gasteiger partial charge in [-0.15, -0.1) is 0 Å². The summed E-state index contributed by atoms with van der Waals surface area (Å²) in [6, 6.07) is 0.504. The first kappa shape index (κ1) is 13.9. The van der Waals surface area contributed by atoms with Gasteiger partial charge >= 0.3 is 0 Å². The van der Waals surface area contributed by atoms with Crippen LogP contribution in [0.1, 0.15) is 25.7 Å². The molecule has 0 bridgehead atoms. The van der Waals surface area contributed by atoms with E-state index in [9.17, 15) is 0 Å². The van der Waals surface area contributed by atoms with Gasteiger partial charge in [0.1, 0.15) is 0 Å². The van der Waals surface area contributed by atoms with E-state index < -0.39 is 0 Å². The van der Waals surface area contributed by atoms with Gasteiger partial charge in [0.25, 0.3) is 0 Å². The second kappa shape index (κ2) is 8.93. The molecule has 4 heteroatoms. The lowest BCUT2D eigenvalue weighted by atomic mass is 9.92. The number of hydrogen-bond acceptors (Lipinski definition) is 4. The first-order chi connectivity index (χ1) is 7.88. The Kier molecular flexibility index (Phi) is 7.76. The zero-order valence-electron chi connectivity index (χ0n) is 10.5. The molecule has 0 heterocycles. The van der Waals surface area contributed by atoms with Crippen LogP contribution in [0.15, 0.2) is 0 Å². The third kappa shape index (κ3) is 5.25. The average molecular weight is 231 g/mol. The minimum absolute atomic E-state index is 0.382. The minimum atomic E-state index is 0.382. The van der Waals surface area contributed by atoms with Crippen molar-refractivity contribution in [2.45, 2.75) is 37.8 Å². The van der Waals surface area contributed by atoms with Crippen LogP contribution < -0.4 is 5.32 Å². The molecule has 1 rings (SSSR count). The molecule has 0 radical (unpaired) electrons. The Balaban J connectivity index is 2.02. The molecule has 1 saturated carbocycles. The quantitative estimate of drug-likeness (QED) is 0.637. The fraction of sp³-hybridized carbons (Fsp3) is 1.00. The molecule has 0 aromatic heterocycles. The van der Waals surface area contributed by atoms with Crippen LogP contribution in [0.25, 0.3) is 0 Å². The van der Waals surface area contributed by atoms with Gasteiger partial charge in [-0.25, -0.2) is 0 Å². The Bertz CT molecular complexity index is 166. The summed E-state index contributed by atoms with van der Waals surface area (Å²) in [6.45, 7) is 2.99. The van der Waals surface area contributed by atoms with Crippen LogP contribution in [-0.2, 0) is 14.2 Å². The van der Waals surface area contributed by atoms with Crippen molar-refractivity contribution in [3.05, 3.63) is 0 Å². The summed E-state index contributed by atoms with van der Waals surface area (Å²) in [7, 11) is 3.49. The van der Waals surface area contributed by atoms with E-state index in [1.165, 1.54) is 25.7 Å². The van der Waals surface area contributed by atoms with Crippen LogP contribution in [-0.4, -0.2) is 52.7 Å². The molecule has 1 aliphatic carbocycles. The van der Waals surface area contributed by atoms with Gasteiger partial charge in [0.15, 0.2) is 0 Å². The molecule has 1 N–H and O–H groups in total. The zero-order chi connectivity index (χ0) is 11.6. The lowest BCUT2D eigenvalue weighted by Crippen LogP contribution is -2.44. The second-order valence-corrected chi connectivity index (χ2v) is 4.22. The summed E-state index contributed by atoms with van der Waals surface area (Å²) < 4.78 is 15.8. The molecule has 16 heavy (non-hydrogen) atoms. The highest BCUT2D eigenvalue weighted by atomic mass is 16.5. The zero-order valence-corrected chi connectivity index (χ0v) is 10.5. The molecule has 2 atom stereocenters. The van der Waals surface area contributed by atoms with Crippen molar-refractivity contribution in [1.29, 1.82) is 0 Å². The van der Waals surface area contributed by atoms with Crippen LogP contribution in [0.5, 0.6) is 0 Å². The van der Waals surface area contributed by atoms with E-state index in [4.69, 9.17) is 14.2 Å². The highest BCUT2D eigenvalue weighted by Crippen LogP contribution is 2.20. The van der Waals surface area contributed by atoms with Crippen LogP contribution in [0.2, 0.25) is 0 Å². The summed E-state index contributed by atoms with van der Waals surface area (Å²) in [5.74, 6) is 0. The van der Waals surface area contributed by atoms with Gasteiger partial charge < -0.3 is 19.5 Å². The van der Waals surface area contributed by atoms with Crippen molar-refractivity contribution in [3.63, 3.8) is 0 Å². The Morgan fingerprint density at radius 3 is 2.62 bits per heavy atom. The Hall–Kier alpha value is -0.160. The van der Waals surface area contributed by atoms with Crippen molar-refractivity contribution in [3.8, 4) is 0 Å². The minimum Gasteiger partial charge on any atom is -0.382 e. The van der Waals surface area contributed by atoms with E-state index in [-0.39, 0.29) is 0 Å². The Morgan fingerprint density at radius 2 is 1.88 bits per heavy atom. The summed E-state index contributed by atoms with van der Waals surface area (Å²) in [5, 5.41) is 3.51. The predicted octanol–water partition coefficient (Wildman–Crippen LogP) is 1.20. The lowest BCUT2D eigenvalue weighted by molar-refractivity contribution is 0.0342. The molecule has 0 aliphatic heterocycles.